The molecule has 0 bridgehead atoms. The van der Waals surface area contributed by atoms with Crippen LogP contribution < -0.4 is 49.9 Å². The molecule has 0 aliphatic heterocycles. The van der Waals surface area contributed by atoms with Crippen molar-refractivity contribution in [1.29, 1.82) is 0 Å². The van der Waals surface area contributed by atoms with Gasteiger partial charge < -0.3 is 94.6 Å². The van der Waals surface area contributed by atoms with Gasteiger partial charge in [-0.05, 0) is 69.9 Å². The molecule has 87 heavy (non-hydrogen) atoms. The minimum absolute atomic E-state index is 0.0236. The number of benzene rings is 1. The summed E-state index contributed by atoms with van der Waals surface area (Å²) >= 11 is 0. The third-order valence-corrected chi connectivity index (χ3v) is 11.7. The van der Waals surface area contributed by atoms with E-state index in [-0.39, 0.29) is 95.3 Å². The number of hydrogen-bond donors (Lipinski definition) is 14. The number of nitrogens with two attached hydrogens (primary N) is 5. The predicted octanol–water partition coefficient (Wildman–Crippen LogP) is -2.40. The molecular weight excluding hydrogens is 1160 g/mol. The number of nitrogens with zero attached hydrogens (tertiary/aromatic N) is 1. The molecule has 1 fully saturated rings. The van der Waals surface area contributed by atoms with Gasteiger partial charge in [0.05, 0.1) is 26.4 Å². The SMILES string of the molecule is CCCC(C)N(C(=O)C1CC1)[C@@H](CCC(N)=O)C(=O)O.COCCOCCOCC(=O)N[C@@H](CCC(N)=O)C(=O)O.NC(=O)CCC(NC(=O)CCC(=O)NC(CCC(N)=O)C(=O)O)C(=O)O.NC(=O)CC[C@H](NC(=O)C=Cc1ccccc1)C(=O)O. The van der Waals surface area contributed by atoms with Gasteiger partial charge in [-0.25, -0.2) is 24.0 Å². The maximum atomic E-state index is 12.4. The van der Waals surface area contributed by atoms with Crippen LogP contribution >= 0.6 is 0 Å². The normalized spacial score (nSPS) is 13.3. The number of hydrogen-bond acceptors (Lipinski definition) is 18. The van der Waals surface area contributed by atoms with E-state index in [2.05, 4.69) is 21.3 Å². The summed E-state index contributed by atoms with van der Waals surface area (Å²) in [4.78, 5) is 169. The van der Waals surface area contributed by atoms with E-state index in [9.17, 15) is 77.0 Å². The van der Waals surface area contributed by atoms with Crippen molar-refractivity contribution in [3.63, 3.8) is 0 Å². The molecular formula is C54H84N10O23. The number of carbonyl (C=O) groups excluding carboxylic acids is 10. The fourth-order valence-corrected chi connectivity index (χ4v) is 7.09. The molecule has 1 aromatic carbocycles. The molecule has 0 aromatic heterocycles. The van der Waals surface area contributed by atoms with Gasteiger partial charge in [0.2, 0.25) is 59.1 Å². The lowest BCUT2D eigenvalue weighted by Crippen LogP contribution is -2.50. The smallest absolute Gasteiger partial charge is 0.326 e. The van der Waals surface area contributed by atoms with Crippen molar-refractivity contribution < 1.29 is 112 Å². The van der Waals surface area contributed by atoms with Crippen LogP contribution in [0.5, 0.6) is 0 Å². The van der Waals surface area contributed by atoms with Crippen LogP contribution in [0.25, 0.3) is 6.08 Å². The number of rotatable bonds is 42. The zero-order valence-electron chi connectivity index (χ0n) is 48.9. The Balaban J connectivity index is 0. The van der Waals surface area contributed by atoms with Gasteiger partial charge in [-0.1, -0.05) is 43.7 Å². The lowest BCUT2D eigenvalue weighted by molar-refractivity contribution is -0.153. The number of carbonyl (C=O) groups is 15. The Labute approximate surface area is 501 Å². The van der Waals surface area contributed by atoms with Gasteiger partial charge in [0.25, 0.3) is 0 Å². The molecule has 1 aromatic rings. The maximum absolute atomic E-state index is 12.4. The predicted molar refractivity (Wildman–Crippen MR) is 304 cm³/mol. The molecule has 3 unspecified atom stereocenters. The Morgan fingerprint density at radius 1 is 0.517 bits per heavy atom. The molecule has 2 rings (SSSR count). The average molecular weight is 1240 g/mol. The third kappa shape index (κ3) is 42.4. The van der Waals surface area contributed by atoms with Crippen LogP contribution in [-0.2, 0) is 86.1 Å². The number of primary amides is 5. The van der Waals surface area contributed by atoms with E-state index < -0.39 is 126 Å². The van der Waals surface area contributed by atoms with E-state index in [0.29, 0.717) is 19.8 Å². The number of amides is 10. The third-order valence-electron chi connectivity index (χ3n) is 11.7. The zero-order valence-corrected chi connectivity index (χ0v) is 48.9. The Bertz CT molecular complexity index is 2410. The summed E-state index contributed by atoms with van der Waals surface area (Å²) in [5.41, 5.74) is 25.6. The number of carboxylic acids is 5. The van der Waals surface area contributed by atoms with E-state index >= 15 is 0 Å². The van der Waals surface area contributed by atoms with Crippen LogP contribution in [-0.4, -0.2) is 196 Å². The van der Waals surface area contributed by atoms with Gasteiger partial charge in [-0.2, -0.15) is 0 Å². The van der Waals surface area contributed by atoms with Gasteiger partial charge in [0, 0.05) is 70.1 Å². The highest BCUT2D eigenvalue weighted by atomic mass is 16.5. The minimum atomic E-state index is -1.36. The van der Waals surface area contributed by atoms with E-state index in [4.69, 9.17) is 63.3 Å². The fraction of sp³-hybridized carbons (Fsp3) is 0.574. The van der Waals surface area contributed by atoms with Crippen LogP contribution in [0.15, 0.2) is 36.4 Å². The first kappa shape index (κ1) is 80.0. The maximum Gasteiger partial charge on any atom is 0.326 e. The number of nitrogens with one attached hydrogen (secondary N) is 4. The van der Waals surface area contributed by atoms with Gasteiger partial charge in [-0.15, -0.1) is 0 Å². The van der Waals surface area contributed by atoms with Crippen molar-refractivity contribution in [3.05, 3.63) is 42.0 Å². The zero-order chi connectivity index (χ0) is 66.6. The largest absolute Gasteiger partial charge is 0.480 e. The molecule has 0 radical (unpaired) electrons. The van der Waals surface area contributed by atoms with Gasteiger partial charge in [-0.3, -0.25) is 47.9 Å². The highest BCUT2D eigenvalue weighted by molar-refractivity contribution is 5.95. The summed E-state index contributed by atoms with van der Waals surface area (Å²) in [5.74, 6) is -12.2. The molecule has 488 valence electrons. The summed E-state index contributed by atoms with van der Waals surface area (Å²) in [7, 11) is 1.56. The second kappa shape index (κ2) is 46.2. The summed E-state index contributed by atoms with van der Waals surface area (Å²) in [6.07, 6.45) is 4.19. The molecule has 33 heteroatoms. The number of aliphatic carboxylic acids is 5. The molecule has 6 atom stereocenters. The molecule has 1 aliphatic rings. The van der Waals surface area contributed by atoms with Crippen molar-refractivity contribution in [2.45, 2.75) is 153 Å². The van der Waals surface area contributed by atoms with Crippen molar-refractivity contribution in [3.8, 4) is 0 Å². The number of methoxy groups -OCH3 is 1. The average Bonchev–Trinajstić information content (AvgIpc) is 2.30. The summed E-state index contributed by atoms with van der Waals surface area (Å²) in [6.45, 7) is 4.99. The van der Waals surface area contributed by atoms with Crippen LogP contribution in [0.4, 0.5) is 0 Å². The topological polar surface area (TPSA) is 566 Å². The first-order valence-electron chi connectivity index (χ1n) is 27.3. The Kier molecular flexibility index (Phi) is 42.5. The van der Waals surface area contributed by atoms with Crippen molar-refractivity contribution in [1.82, 2.24) is 26.2 Å². The summed E-state index contributed by atoms with van der Waals surface area (Å²) < 4.78 is 14.9. The van der Waals surface area contributed by atoms with Crippen molar-refractivity contribution in [2.75, 3.05) is 40.1 Å². The second-order valence-electron chi connectivity index (χ2n) is 19.2. The Morgan fingerprint density at radius 3 is 1.26 bits per heavy atom. The fourth-order valence-electron chi connectivity index (χ4n) is 7.09. The van der Waals surface area contributed by atoms with E-state index in [1.165, 1.54) is 11.0 Å². The Morgan fingerprint density at radius 2 is 0.897 bits per heavy atom. The molecule has 10 amide bonds. The van der Waals surface area contributed by atoms with Crippen LogP contribution in [0.3, 0.4) is 0 Å². The molecule has 1 aliphatic carbocycles. The molecule has 0 saturated heterocycles. The minimum Gasteiger partial charge on any atom is -0.480 e. The first-order valence-corrected chi connectivity index (χ1v) is 27.3. The molecule has 0 spiro atoms. The van der Waals surface area contributed by atoms with Gasteiger partial charge in [0.1, 0.15) is 36.8 Å². The molecule has 19 N–H and O–H groups in total. The monoisotopic (exact) mass is 1240 g/mol. The van der Waals surface area contributed by atoms with Crippen molar-refractivity contribution >= 4 is 95.0 Å². The Hall–Kier alpha value is -9.11. The number of ether oxygens (including phenoxy) is 3. The van der Waals surface area contributed by atoms with E-state index in [1.807, 2.05) is 44.2 Å². The molecule has 33 nitrogen and oxygen atoms in total. The standard InChI is InChI=1S/C14H22N4O8.C14H24N2O4.C14H16N2O4.C12H22N2O7/c15-9(19)3-1-7(13(23)24)17-11(21)5-6-12(22)18-8(14(25)26)2-4-10(16)20;1-3-4-9(2)16(13(18)10-5-6-10)11(14(19)20)7-8-12(15)17;15-12(17)8-7-11(14(19)20)16-13(18)9-6-10-4-2-1-3-5-10;1-19-4-5-20-6-7-21-8-11(16)14-9(12(17)18)2-3-10(13)15/h7-8H,1-6H2,(H2,15,19)(H2,16,20)(H,17,21)(H,18,22)(H,23,24)(H,25,26);9-11H,3-8H2,1-2H3,(H2,15,17)(H,19,20);1-6,9,11H,7-8H2,(H2,15,17)(H,16,18)(H,19,20);9H,2-8H2,1H3,(H2,13,15)(H,14,16)(H,17,18)/t;9?,11-;11-;9-/m.000/s1. The number of carboxylic acid groups (broad SMARTS) is 5. The summed E-state index contributed by atoms with van der Waals surface area (Å²) in [5, 5.41) is 53.9. The second-order valence-corrected chi connectivity index (χ2v) is 19.2. The van der Waals surface area contributed by atoms with E-state index in [0.717, 1.165) is 31.2 Å². The molecule has 0 heterocycles. The molecule has 1 saturated carbocycles. The highest BCUT2D eigenvalue weighted by Crippen LogP contribution is 2.33. The van der Waals surface area contributed by atoms with Gasteiger partial charge in [0.15, 0.2) is 0 Å². The first-order chi connectivity index (χ1) is 40.9. The van der Waals surface area contributed by atoms with Crippen molar-refractivity contribution in [2.24, 2.45) is 34.6 Å². The van der Waals surface area contributed by atoms with Crippen LogP contribution in [0.2, 0.25) is 0 Å². The van der Waals surface area contributed by atoms with Gasteiger partial charge >= 0.3 is 29.8 Å². The lowest BCUT2D eigenvalue weighted by atomic mass is 10.0. The highest BCUT2D eigenvalue weighted by Gasteiger charge is 2.40. The summed E-state index contributed by atoms with van der Waals surface area (Å²) in [6, 6.07) is 3.07. The quantitative estimate of drug-likeness (QED) is 0.0240. The van der Waals surface area contributed by atoms with E-state index in [1.54, 1.807) is 13.2 Å². The van der Waals surface area contributed by atoms with Crippen LogP contribution in [0.1, 0.15) is 122 Å². The van der Waals surface area contributed by atoms with Crippen LogP contribution in [0, 0.1) is 5.92 Å². The lowest BCUT2D eigenvalue weighted by Gasteiger charge is -2.34.